The first-order chi connectivity index (χ1) is 9.15. The number of halogens is 1. The number of rotatable bonds is 2. The first-order valence-electron chi connectivity index (χ1n) is 5.56. The lowest BCUT2D eigenvalue weighted by molar-refractivity contribution is 1.20. The van der Waals surface area contributed by atoms with E-state index < -0.39 is 0 Å². The number of aromatic nitrogens is 3. The molecule has 2 aromatic heterocycles. The molecule has 7 heteroatoms. The number of hydrogen-bond acceptors (Lipinski definition) is 6. The summed E-state index contributed by atoms with van der Waals surface area (Å²) in [6.07, 6.45) is 0. The van der Waals surface area contributed by atoms with Gasteiger partial charge in [-0.1, -0.05) is 11.6 Å². The average Bonchev–Trinajstić information content (AvgIpc) is 2.86. The molecule has 0 saturated heterocycles. The third kappa shape index (κ3) is 2.20. The van der Waals surface area contributed by atoms with E-state index in [4.69, 9.17) is 17.3 Å². The molecular formula is C12H10ClN5S. The van der Waals surface area contributed by atoms with Gasteiger partial charge in [0.2, 0.25) is 0 Å². The fourth-order valence-electron chi connectivity index (χ4n) is 1.72. The maximum absolute atomic E-state index is 6.20. The Hall–Kier alpha value is -1.92. The molecule has 19 heavy (non-hydrogen) atoms. The van der Waals surface area contributed by atoms with Crippen LogP contribution in [0.1, 0.15) is 5.69 Å². The van der Waals surface area contributed by atoms with Gasteiger partial charge in [0.05, 0.1) is 33.8 Å². The maximum atomic E-state index is 6.20. The number of fused-ring (bicyclic) bond motifs is 1. The summed E-state index contributed by atoms with van der Waals surface area (Å²) >= 11 is 7.36. The Kier molecular flexibility index (Phi) is 2.96. The van der Waals surface area contributed by atoms with Crippen molar-refractivity contribution in [3.05, 3.63) is 35.0 Å². The van der Waals surface area contributed by atoms with Crippen LogP contribution in [0.25, 0.3) is 11.0 Å². The monoisotopic (exact) mass is 291 g/mol. The molecule has 3 aromatic rings. The number of nitrogens with two attached hydrogens (primary N) is 1. The summed E-state index contributed by atoms with van der Waals surface area (Å²) in [5, 5.41) is 3.75. The van der Waals surface area contributed by atoms with E-state index in [9.17, 15) is 0 Å². The molecule has 0 radical (unpaired) electrons. The van der Waals surface area contributed by atoms with Crippen molar-refractivity contribution in [3.63, 3.8) is 0 Å². The van der Waals surface area contributed by atoms with Crippen LogP contribution in [0, 0.1) is 6.92 Å². The van der Waals surface area contributed by atoms with E-state index in [1.807, 2.05) is 13.0 Å². The molecule has 3 N–H and O–H groups in total. The summed E-state index contributed by atoms with van der Waals surface area (Å²) in [4.78, 5) is 4.36. The Morgan fingerprint density at radius 1 is 1.21 bits per heavy atom. The number of pyridine rings is 1. The quantitative estimate of drug-likeness (QED) is 0.757. The number of hydrogen-bond donors (Lipinski definition) is 2. The van der Waals surface area contributed by atoms with Crippen LogP contribution in [0.2, 0.25) is 5.02 Å². The number of benzene rings is 1. The lowest BCUT2D eigenvalue weighted by Gasteiger charge is -2.09. The van der Waals surface area contributed by atoms with Crippen molar-refractivity contribution in [3.8, 4) is 0 Å². The molecule has 5 nitrogen and oxygen atoms in total. The fraction of sp³-hybridized carbons (Fsp3) is 0.0833. The van der Waals surface area contributed by atoms with E-state index in [1.165, 1.54) is 0 Å². The molecule has 0 spiro atoms. The summed E-state index contributed by atoms with van der Waals surface area (Å²) in [6, 6.07) is 7.24. The van der Waals surface area contributed by atoms with Crippen molar-refractivity contribution in [1.29, 1.82) is 0 Å². The molecule has 0 unspecified atom stereocenters. The molecule has 0 atom stereocenters. The summed E-state index contributed by atoms with van der Waals surface area (Å²) in [6.45, 7) is 1.85. The number of nitrogens with zero attached hydrogens (tertiary/aromatic N) is 3. The Morgan fingerprint density at radius 3 is 2.84 bits per heavy atom. The normalized spacial score (nSPS) is 10.8. The van der Waals surface area contributed by atoms with E-state index in [0.29, 0.717) is 22.2 Å². The van der Waals surface area contributed by atoms with Crippen molar-refractivity contribution in [2.75, 3.05) is 11.1 Å². The Morgan fingerprint density at radius 2 is 2.05 bits per heavy atom. The minimum absolute atomic E-state index is 0.580. The molecule has 0 aliphatic carbocycles. The predicted molar refractivity (Wildman–Crippen MR) is 79.1 cm³/mol. The molecule has 0 aliphatic rings. The van der Waals surface area contributed by atoms with Crippen LogP contribution < -0.4 is 11.1 Å². The highest BCUT2D eigenvalue weighted by Crippen LogP contribution is 2.32. The molecule has 0 fully saturated rings. The van der Waals surface area contributed by atoms with Crippen LogP contribution in [-0.4, -0.2) is 13.7 Å². The predicted octanol–water partition coefficient (Wildman–Crippen LogP) is 3.37. The minimum atomic E-state index is 0.580. The number of aryl methyl sites for hydroxylation is 1. The third-order valence-electron chi connectivity index (χ3n) is 2.76. The lowest BCUT2D eigenvalue weighted by Crippen LogP contribution is -1.99. The van der Waals surface area contributed by atoms with E-state index in [0.717, 1.165) is 28.5 Å². The molecule has 3 rings (SSSR count). The van der Waals surface area contributed by atoms with Gasteiger partial charge in [0.25, 0.3) is 0 Å². The van der Waals surface area contributed by atoms with Crippen molar-refractivity contribution in [1.82, 2.24) is 13.7 Å². The van der Waals surface area contributed by atoms with Crippen molar-refractivity contribution in [2.24, 2.45) is 0 Å². The van der Waals surface area contributed by atoms with Gasteiger partial charge in [0.15, 0.2) is 0 Å². The van der Waals surface area contributed by atoms with Gasteiger partial charge in [-0.25, -0.2) is 4.98 Å². The lowest BCUT2D eigenvalue weighted by atomic mass is 10.2. The zero-order chi connectivity index (χ0) is 13.4. The summed E-state index contributed by atoms with van der Waals surface area (Å²) < 4.78 is 8.43. The molecule has 0 bridgehead atoms. The number of nitrogens with one attached hydrogen (secondary N) is 1. The van der Waals surface area contributed by atoms with Crippen LogP contribution in [-0.2, 0) is 0 Å². The van der Waals surface area contributed by atoms with Crippen LogP contribution in [0.15, 0.2) is 24.3 Å². The highest BCUT2D eigenvalue weighted by atomic mass is 35.5. The minimum Gasteiger partial charge on any atom is -0.397 e. The summed E-state index contributed by atoms with van der Waals surface area (Å²) in [5.41, 5.74) is 9.44. The van der Waals surface area contributed by atoms with E-state index in [1.54, 1.807) is 18.2 Å². The van der Waals surface area contributed by atoms with E-state index >= 15 is 0 Å². The van der Waals surface area contributed by atoms with Crippen LogP contribution in [0.3, 0.4) is 0 Å². The highest BCUT2D eigenvalue weighted by molar-refractivity contribution is 7.00. The molecule has 96 valence electrons. The first-order valence-corrected chi connectivity index (χ1v) is 6.67. The van der Waals surface area contributed by atoms with Crippen molar-refractivity contribution >= 4 is 51.6 Å². The smallest absolute Gasteiger partial charge is 0.130 e. The summed E-state index contributed by atoms with van der Waals surface area (Å²) in [5.74, 6) is 0.675. The number of anilines is 3. The van der Waals surface area contributed by atoms with Crippen LogP contribution in [0.5, 0.6) is 0 Å². The fourth-order valence-corrected chi connectivity index (χ4v) is 2.46. The van der Waals surface area contributed by atoms with E-state index in [2.05, 4.69) is 19.0 Å². The zero-order valence-corrected chi connectivity index (χ0v) is 11.6. The molecule has 1 aromatic carbocycles. The second-order valence-corrected chi connectivity index (χ2v) is 4.99. The van der Waals surface area contributed by atoms with Gasteiger partial charge in [-0.2, -0.15) is 8.75 Å². The standard InChI is InChI=1S/C12H10ClN5S/c1-6-8(14)3-5-10(15-6)16-11-7(13)2-4-9-12(11)18-19-17-9/h2-5H,14H2,1H3,(H,15,16). The second kappa shape index (κ2) is 4.64. The van der Waals surface area contributed by atoms with Crippen LogP contribution in [0.4, 0.5) is 17.2 Å². The van der Waals surface area contributed by atoms with Crippen LogP contribution >= 0.6 is 23.3 Å². The van der Waals surface area contributed by atoms with Gasteiger partial charge in [-0.15, -0.1) is 0 Å². The molecule has 0 aliphatic heterocycles. The van der Waals surface area contributed by atoms with Crippen molar-refractivity contribution < 1.29 is 0 Å². The molecule has 0 amide bonds. The Labute approximate surface area is 118 Å². The SMILES string of the molecule is Cc1nc(Nc2c(Cl)ccc3nsnc23)ccc1N. The van der Waals surface area contributed by atoms with Crippen molar-refractivity contribution in [2.45, 2.75) is 6.92 Å². The summed E-state index contributed by atoms with van der Waals surface area (Å²) in [7, 11) is 0. The van der Waals surface area contributed by atoms with Gasteiger partial charge in [0.1, 0.15) is 16.9 Å². The largest absolute Gasteiger partial charge is 0.397 e. The Balaban J connectivity index is 2.07. The average molecular weight is 292 g/mol. The van der Waals surface area contributed by atoms with Gasteiger partial charge >= 0.3 is 0 Å². The molecular weight excluding hydrogens is 282 g/mol. The number of nitrogen functional groups attached to an aromatic ring is 1. The van der Waals surface area contributed by atoms with Gasteiger partial charge in [-0.05, 0) is 31.2 Å². The van der Waals surface area contributed by atoms with E-state index in [-0.39, 0.29) is 0 Å². The zero-order valence-electron chi connectivity index (χ0n) is 10.0. The first kappa shape index (κ1) is 12.1. The second-order valence-electron chi connectivity index (χ2n) is 4.05. The Bertz CT molecular complexity index is 755. The maximum Gasteiger partial charge on any atom is 0.130 e. The third-order valence-corrected chi connectivity index (χ3v) is 3.61. The molecule has 0 saturated carbocycles. The van der Waals surface area contributed by atoms with Gasteiger partial charge in [-0.3, -0.25) is 0 Å². The topological polar surface area (TPSA) is 76.7 Å². The highest BCUT2D eigenvalue weighted by Gasteiger charge is 2.11. The van der Waals surface area contributed by atoms with Gasteiger partial charge < -0.3 is 11.1 Å². The molecule has 2 heterocycles. The van der Waals surface area contributed by atoms with Gasteiger partial charge in [0, 0.05) is 0 Å².